The van der Waals surface area contributed by atoms with Gasteiger partial charge in [0.2, 0.25) is 0 Å². The molecule has 2 rings (SSSR count). The third-order valence-corrected chi connectivity index (χ3v) is 5.76. The summed E-state index contributed by atoms with van der Waals surface area (Å²) in [6.07, 6.45) is 3.65. The van der Waals surface area contributed by atoms with Gasteiger partial charge in [-0.25, -0.2) is 4.98 Å². The molecule has 96 valence electrons. The van der Waals surface area contributed by atoms with Crippen LogP contribution in [0.3, 0.4) is 0 Å². The molecule has 2 heterocycles. The SMILES string of the molecule is CCCNC1(c2nc(C)c(C)s2)CCSCC1. The molecular weight excluding hydrogens is 248 g/mol. The van der Waals surface area contributed by atoms with Crippen LogP contribution in [0.4, 0.5) is 0 Å². The third-order valence-electron chi connectivity index (χ3n) is 3.50. The number of aromatic nitrogens is 1. The molecule has 1 aliphatic rings. The molecule has 0 aliphatic carbocycles. The second kappa shape index (κ2) is 5.72. The van der Waals surface area contributed by atoms with Crippen LogP contribution in [0, 0.1) is 13.8 Å². The number of thioether (sulfide) groups is 1. The van der Waals surface area contributed by atoms with Crippen LogP contribution in [0.15, 0.2) is 0 Å². The standard InChI is InChI=1S/C13H22N2S2/c1-4-7-14-13(5-8-16-9-6-13)12-15-10(2)11(3)17-12/h14H,4-9H2,1-3H3. The molecule has 0 radical (unpaired) electrons. The Hall–Kier alpha value is -0.0600. The zero-order chi connectivity index (χ0) is 12.3. The van der Waals surface area contributed by atoms with Gasteiger partial charge in [0, 0.05) is 4.88 Å². The van der Waals surface area contributed by atoms with Crippen molar-refractivity contribution in [1.82, 2.24) is 10.3 Å². The van der Waals surface area contributed by atoms with Gasteiger partial charge in [0.25, 0.3) is 0 Å². The topological polar surface area (TPSA) is 24.9 Å². The first-order valence-corrected chi connectivity index (χ1v) is 8.42. The molecule has 4 heteroatoms. The van der Waals surface area contributed by atoms with Crippen molar-refractivity contribution < 1.29 is 0 Å². The normalized spacial score (nSPS) is 19.5. The van der Waals surface area contributed by atoms with E-state index in [9.17, 15) is 0 Å². The summed E-state index contributed by atoms with van der Waals surface area (Å²) < 4.78 is 0. The van der Waals surface area contributed by atoms with Crippen LogP contribution >= 0.6 is 23.1 Å². The van der Waals surface area contributed by atoms with Gasteiger partial charge in [0.1, 0.15) is 5.01 Å². The van der Waals surface area contributed by atoms with Crippen molar-refractivity contribution in [3.05, 3.63) is 15.6 Å². The van der Waals surface area contributed by atoms with Crippen molar-refractivity contribution in [3.63, 3.8) is 0 Å². The van der Waals surface area contributed by atoms with Gasteiger partial charge < -0.3 is 5.32 Å². The van der Waals surface area contributed by atoms with Crippen LogP contribution in [-0.2, 0) is 5.54 Å². The minimum atomic E-state index is 0.172. The molecule has 0 saturated carbocycles. The Labute approximate surface area is 113 Å². The molecule has 0 unspecified atom stereocenters. The Balaban J connectivity index is 2.25. The number of thiazole rings is 1. The monoisotopic (exact) mass is 270 g/mol. The number of rotatable bonds is 4. The zero-order valence-electron chi connectivity index (χ0n) is 11.0. The smallest absolute Gasteiger partial charge is 0.113 e. The van der Waals surface area contributed by atoms with Gasteiger partial charge in [-0.1, -0.05) is 6.92 Å². The molecule has 1 fully saturated rings. The average Bonchev–Trinajstić information content (AvgIpc) is 2.69. The maximum Gasteiger partial charge on any atom is 0.113 e. The van der Waals surface area contributed by atoms with Crippen LogP contribution in [0.1, 0.15) is 41.8 Å². The molecule has 0 atom stereocenters. The molecule has 1 saturated heterocycles. The first kappa shape index (κ1) is 13.4. The molecule has 1 aromatic rings. The highest BCUT2D eigenvalue weighted by Gasteiger charge is 2.36. The molecule has 1 aromatic heterocycles. The van der Waals surface area contributed by atoms with Gasteiger partial charge in [-0.2, -0.15) is 11.8 Å². The van der Waals surface area contributed by atoms with E-state index in [0.29, 0.717) is 0 Å². The predicted octanol–water partition coefficient (Wildman–Crippen LogP) is 3.48. The lowest BCUT2D eigenvalue weighted by atomic mass is 9.92. The Bertz CT molecular complexity index is 348. The van der Waals surface area contributed by atoms with Crippen molar-refractivity contribution in [2.24, 2.45) is 0 Å². The van der Waals surface area contributed by atoms with E-state index in [2.05, 4.69) is 37.8 Å². The lowest BCUT2D eigenvalue weighted by Gasteiger charge is -2.36. The first-order chi connectivity index (χ1) is 8.18. The highest BCUT2D eigenvalue weighted by Crippen LogP contribution is 2.38. The van der Waals surface area contributed by atoms with E-state index in [1.54, 1.807) is 0 Å². The second-order valence-corrected chi connectivity index (χ2v) is 7.21. The van der Waals surface area contributed by atoms with Crippen molar-refractivity contribution in [1.29, 1.82) is 0 Å². The fourth-order valence-corrected chi connectivity index (χ4v) is 4.56. The van der Waals surface area contributed by atoms with E-state index in [1.807, 2.05) is 11.3 Å². The Kier molecular flexibility index (Phi) is 4.50. The van der Waals surface area contributed by atoms with E-state index >= 15 is 0 Å². The highest BCUT2D eigenvalue weighted by atomic mass is 32.2. The first-order valence-electron chi connectivity index (χ1n) is 6.45. The minimum Gasteiger partial charge on any atom is -0.305 e. The van der Waals surface area contributed by atoms with Crippen LogP contribution < -0.4 is 5.32 Å². The molecule has 1 N–H and O–H groups in total. The maximum atomic E-state index is 4.81. The minimum absolute atomic E-state index is 0.172. The summed E-state index contributed by atoms with van der Waals surface area (Å²) in [5.41, 5.74) is 1.38. The molecule has 17 heavy (non-hydrogen) atoms. The van der Waals surface area contributed by atoms with Crippen LogP contribution in [0.5, 0.6) is 0 Å². The van der Waals surface area contributed by atoms with E-state index in [4.69, 9.17) is 4.98 Å². The summed E-state index contributed by atoms with van der Waals surface area (Å²) in [4.78, 5) is 6.18. The van der Waals surface area contributed by atoms with E-state index in [-0.39, 0.29) is 5.54 Å². The van der Waals surface area contributed by atoms with Gasteiger partial charge in [-0.3, -0.25) is 0 Å². The van der Waals surface area contributed by atoms with Gasteiger partial charge in [0.15, 0.2) is 0 Å². The summed E-state index contributed by atoms with van der Waals surface area (Å²) in [7, 11) is 0. The molecule has 0 aromatic carbocycles. The maximum absolute atomic E-state index is 4.81. The Morgan fingerprint density at radius 1 is 1.29 bits per heavy atom. The summed E-state index contributed by atoms with van der Waals surface area (Å²) in [6, 6.07) is 0. The summed E-state index contributed by atoms with van der Waals surface area (Å²) in [6.45, 7) is 7.64. The number of hydrogen-bond acceptors (Lipinski definition) is 4. The van der Waals surface area contributed by atoms with Crippen molar-refractivity contribution in [2.75, 3.05) is 18.1 Å². The molecule has 1 aliphatic heterocycles. The van der Waals surface area contributed by atoms with Crippen molar-refractivity contribution in [2.45, 2.75) is 45.6 Å². The fourth-order valence-electron chi connectivity index (χ4n) is 2.23. The molecule has 0 spiro atoms. The number of hydrogen-bond donors (Lipinski definition) is 1. The summed E-state index contributed by atoms with van der Waals surface area (Å²) in [5, 5.41) is 5.10. The highest BCUT2D eigenvalue weighted by molar-refractivity contribution is 7.99. The Morgan fingerprint density at radius 3 is 2.53 bits per heavy atom. The lowest BCUT2D eigenvalue weighted by molar-refractivity contribution is 0.306. The molecule has 0 amide bonds. The average molecular weight is 270 g/mol. The third kappa shape index (κ3) is 2.85. The van der Waals surface area contributed by atoms with E-state index in [0.717, 1.165) is 6.54 Å². The lowest BCUT2D eigenvalue weighted by Crippen LogP contribution is -2.45. The van der Waals surface area contributed by atoms with Crippen LogP contribution in [0.2, 0.25) is 0 Å². The van der Waals surface area contributed by atoms with Crippen molar-refractivity contribution in [3.8, 4) is 0 Å². The Morgan fingerprint density at radius 2 is 2.00 bits per heavy atom. The predicted molar refractivity (Wildman–Crippen MR) is 78.1 cm³/mol. The van der Waals surface area contributed by atoms with Gasteiger partial charge >= 0.3 is 0 Å². The zero-order valence-corrected chi connectivity index (χ0v) is 12.6. The van der Waals surface area contributed by atoms with Gasteiger partial charge in [-0.15, -0.1) is 11.3 Å². The molecular formula is C13H22N2S2. The molecule has 0 bridgehead atoms. The van der Waals surface area contributed by atoms with Gasteiger partial charge in [-0.05, 0) is 51.2 Å². The fraction of sp³-hybridized carbons (Fsp3) is 0.769. The second-order valence-electron chi connectivity index (χ2n) is 4.78. The summed E-state index contributed by atoms with van der Waals surface area (Å²) in [5.74, 6) is 2.52. The number of nitrogens with one attached hydrogen (secondary N) is 1. The van der Waals surface area contributed by atoms with Crippen LogP contribution in [-0.4, -0.2) is 23.0 Å². The van der Waals surface area contributed by atoms with Gasteiger partial charge in [0.05, 0.1) is 11.2 Å². The molecule has 2 nitrogen and oxygen atoms in total. The van der Waals surface area contributed by atoms with E-state index in [1.165, 1.54) is 46.3 Å². The van der Waals surface area contributed by atoms with Crippen molar-refractivity contribution >= 4 is 23.1 Å². The quantitative estimate of drug-likeness (QED) is 0.906. The largest absolute Gasteiger partial charge is 0.305 e. The number of nitrogens with zero attached hydrogens (tertiary/aromatic N) is 1. The van der Waals surface area contributed by atoms with Crippen LogP contribution in [0.25, 0.3) is 0 Å². The van der Waals surface area contributed by atoms with E-state index < -0.39 is 0 Å². The number of aryl methyl sites for hydroxylation is 2. The summed E-state index contributed by atoms with van der Waals surface area (Å²) >= 11 is 3.96.